The molecule has 0 spiro atoms. The molecule has 1 aliphatic rings. The second-order valence-corrected chi connectivity index (χ2v) is 4.38. The minimum absolute atomic E-state index is 0.0845. The third kappa shape index (κ3) is 1.41. The van der Waals surface area contributed by atoms with E-state index < -0.39 is 21.2 Å². The van der Waals surface area contributed by atoms with Crippen molar-refractivity contribution in [2.75, 3.05) is 13.1 Å². The molecule has 1 heterocycles. The van der Waals surface area contributed by atoms with E-state index in [4.69, 9.17) is 0 Å². The molecule has 0 bridgehead atoms. The van der Waals surface area contributed by atoms with Crippen LogP contribution in [0.4, 0.5) is 4.79 Å². The van der Waals surface area contributed by atoms with E-state index in [2.05, 4.69) is 0 Å². The van der Waals surface area contributed by atoms with Gasteiger partial charge in [-0.2, -0.15) is 0 Å². The first-order valence-corrected chi connectivity index (χ1v) is 4.86. The van der Waals surface area contributed by atoms with Crippen molar-refractivity contribution in [3.05, 3.63) is 0 Å². The zero-order valence-electron chi connectivity index (χ0n) is 5.06. The van der Waals surface area contributed by atoms with Crippen LogP contribution < -0.4 is 21.2 Å². The Kier molecular flexibility index (Phi) is 2.05. The van der Waals surface area contributed by atoms with E-state index in [9.17, 15) is 9.59 Å². The third-order valence-electron chi connectivity index (χ3n) is 1.13. The first kappa shape index (κ1) is 6.98. The fourth-order valence-corrected chi connectivity index (χ4v) is 2.58. The van der Waals surface area contributed by atoms with Crippen molar-refractivity contribution in [1.29, 1.82) is 0 Å². The normalized spacial score (nSPS) is 20.3. The number of hydrogen-bond acceptors (Lipinski definition) is 2. The van der Waals surface area contributed by atoms with Crippen molar-refractivity contribution in [2.24, 2.45) is 0 Å². The zero-order chi connectivity index (χ0) is 6.85. The van der Waals surface area contributed by atoms with Gasteiger partial charge in [0.1, 0.15) is 0 Å². The van der Waals surface area contributed by atoms with Gasteiger partial charge in [-0.1, -0.05) is 0 Å². The van der Waals surface area contributed by atoms with Crippen LogP contribution in [0.1, 0.15) is 6.92 Å². The summed E-state index contributed by atoms with van der Waals surface area (Å²) < 4.78 is 0.238. The Morgan fingerprint density at radius 1 is 1.67 bits per heavy atom. The standard InChI is InChI=1S/C5H7INO2/c1-2-7-3-4(8)6-5(7)9/h2-3H2,1H3/q-1. The first-order valence-electron chi connectivity index (χ1n) is 2.70. The second-order valence-electron chi connectivity index (χ2n) is 1.72. The maximum atomic E-state index is 10.8. The molecular formula is C5H7INO2-. The van der Waals surface area contributed by atoms with E-state index >= 15 is 0 Å². The summed E-state index contributed by atoms with van der Waals surface area (Å²) in [5, 5.41) is 0. The summed E-state index contributed by atoms with van der Waals surface area (Å²) in [4.78, 5) is 23.0. The number of nitrogens with zero attached hydrogens (tertiary/aromatic N) is 1. The second kappa shape index (κ2) is 2.64. The van der Waals surface area contributed by atoms with Crippen molar-refractivity contribution in [1.82, 2.24) is 4.90 Å². The average molecular weight is 240 g/mol. The molecule has 0 atom stereocenters. The summed E-state index contributed by atoms with van der Waals surface area (Å²) in [5.41, 5.74) is 0. The fraction of sp³-hybridized carbons (Fsp3) is 0.600. The van der Waals surface area contributed by atoms with E-state index in [0.717, 1.165) is 0 Å². The van der Waals surface area contributed by atoms with E-state index in [0.29, 0.717) is 13.1 Å². The molecule has 1 rings (SSSR count). The molecule has 1 amide bonds. The molecule has 1 fully saturated rings. The number of hydrogen-bond donors (Lipinski definition) is 0. The molecule has 4 heteroatoms. The van der Waals surface area contributed by atoms with Gasteiger partial charge in [-0.3, -0.25) is 0 Å². The van der Waals surface area contributed by atoms with Crippen LogP contribution in [-0.4, -0.2) is 25.7 Å². The first-order chi connectivity index (χ1) is 4.24. The van der Waals surface area contributed by atoms with Crippen LogP contribution in [0.5, 0.6) is 0 Å². The molecule has 52 valence electrons. The molecule has 0 N–H and O–H groups in total. The van der Waals surface area contributed by atoms with Crippen molar-refractivity contribution in [2.45, 2.75) is 6.92 Å². The van der Waals surface area contributed by atoms with E-state index in [-0.39, 0.29) is 7.70 Å². The van der Waals surface area contributed by atoms with Crippen molar-refractivity contribution in [3.63, 3.8) is 0 Å². The molecule has 9 heavy (non-hydrogen) atoms. The van der Waals surface area contributed by atoms with Gasteiger partial charge in [-0.25, -0.2) is 0 Å². The molecule has 0 radical (unpaired) electrons. The van der Waals surface area contributed by atoms with Gasteiger partial charge in [-0.05, 0) is 0 Å². The van der Waals surface area contributed by atoms with E-state index in [1.165, 1.54) is 0 Å². The Bertz CT molecular complexity index is 157. The Morgan fingerprint density at radius 2 is 2.33 bits per heavy atom. The van der Waals surface area contributed by atoms with Gasteiger partial charge in [0.05, 0.1) is 0 Å². The SMILES string of the molecule is CCN1CC(=O)[I-]C1=O. The molecule has 1 aliphatic heterocycles. The number of carbonyl (C=O) groups is 2. The van der Waals surface area contributed by atoms with Crippen molar-refractivity contribution >= 4 is 7.70 Å². The quantitative estimate of drug-likeness (QED) is 0.279. The number of halogens is 1. The average Bonchev–Trinajstić information content (AvgIpc) is 2.10. The zero-order valence-corrected chi connectivity index (χ0v) is 7.21. The Hall–Kier alpha value is -0.130. The van der Waals surface area contributed by atoms with Crippen LogP contribution in [0.2, 0.25) is 0 Å². The molecule has 0 saturated carbocycles. The van der Waals surface area contributed by atoms with Crippen molar-refractivity contribution in [3.8, 4) is 0 Å². The van der Waals surface area contributed by atoms with Gasteiger partial charge in [0.25, 0.3) is 0 Å². The maximum absolute atomic E-state index is 10.8. The van der Waals surface area contributed by atoms with E-state index in [1.54, 1.807) is 4.90 Å². The molecule has 0 unspecified atom stereocenters. The number of carbonyl (C=O) groups excluding carboxylic acids is 2. The number of rotatable bonds is 1. The minimum atomic E-state index is -0.782. The monoisotopic (exact) mass is 240 g/mol. The molecule has 1 saturated heterocycles. The van der Waals surface area contributed by atoms with E-state index in [1.807, 2.05) is 6.92 Å². The van der Waals surface area contributed by atoms with Gasteiger partial charge in [0, 0.05) is 0 Å². The van der Waals surface area contributed by atoms with Gasteiger partial charge in [0.2, 0.25) is 0 Å². The summed E-state index contributed by atoms with van der Waals surface area (Å²) in [6.45, 7) is 2.95. The van der Waals surface area contributed by atoms with Crippen molar-refractivity contribution < 1.29 is 30.8 Å². The van der Waals surface area contributed by atoms with Crippen LogP contribution in [0.15, 0.2) is 0 Å². The molecular weight excluding hydrogens is 233 g/mol. The summed E-state index contributed by atoms with van der Waals surface area (Å²) in [5.74, 6) is 0. The van der Waals surface area contributed by atoms with Crippen LogP contribution in [0.3, 0.4) is 0 Å². The number of amides is 1. The molecule has 0 aromatic rings. The Morgan fingerprint density at radius 3 is 2.56 bits per heavy atom. The summed E-state index contributed by atoms with van der Waals surface area (Å²) in [7, 11) is 0. The van der Waals surface area contributed by atoms with Crippen LogP contribution in [-0.2, 0) is 4.79 Å². The van der Waals surface area contributed by atoms with Gasteiger partial charge in [0.15, 0.2) is 0 Å². The predicted molar refractivity (Wildman–Crippen MR) is 27.6 cm³/mol. The van der Waals surface area contributed by atoms with Crippen LogP contribution in [0.25, 0.3) is 0 Å². The fourth-order valence-electron chi connectivity index (χ4n) is 0.628. The summed E-state index contributed by atoms with van der Waals surface area (Å²) >= 11 is -0.782. The summed E-state index contributed by atoms with van der Waals surface area (Å²) in [6, 6.07) is 0. The topological polar surface area (TPSA) is 37.4 Å². The van der Waals surface area contributed by atoms with Gasteiger partial charge >= 0.3 is 63.4 Å². The third-order valence-corrected chi connectivity index (χ3v) is 3.22. The van der Waals surface area contributed by atoms with Gasteiger partial charge < -0.3 is 0 Å². The predicted octanol–water partition coefficient (Wildman–Crippen LogP) is -2.94. The number of likely N-dealkylation sites (N-methyl/N-ethyl adjacent to an activating group) is 1. The Balaban J connectivity index is 2.58. The Labute approximate surface area is 63.7 Å². The molecule has 0 aromatic carbocycles. The van der Waals surface area contributed by atoms with Crippen LogP contribution in [0, 0.1) is 0 Å². The van der Waals surface area contributed by atoms with Gasteiger partial charge in [-0.15, -0.1) is 0 Å². The van der Waals surface area contributed by atoms with Crippen LogP contribution >= 0.6 is 0 Å². The molecule has 3 nitrogen and oxygen atoms in total. The molecule has 0 aliphatic carbocycles. The molecule has 0 aromatic heterocycles. The summed E-state index contributed by atoms with van der Waals surface area (Å²) in [6.07, 6.45) is 0.